The second kappa shape index (κ2) is 5.68. The molecule has 1 fully saturated rings. The van der Waals surface area contributed by atoms with Crippen molar-refractivity contribution in [2.24, 2.45) is 0 Å². The zero-order valence-corrected chi connectivity index (χ0v) is 9.50. The molecule has 0 aromatic heterocycles. The minimum atomic E-state index is -1.05. The van der Waals surface area contributed by atoms with Crippen LogP contribution in [-0.4, -0.2) is 22.5 Å². The van der Waals surface area contributed by atoms with E-state index >= 15 is 0 Å². The lowest BCUT2D eigenvalue weighted by molar-refractivity contribution is -0.148. The summed E-state index contributed by atoms with van der Waals surface area (Å²) >= 11 is 0. The van der Waals surface area contributed by atoms with Gasteiger partial charge in [0.2, 0.25) is 5.91 Å². The smallest absolute Gasteiger partial charge is 0.329 e. The molecular weight excluding hydrogens is 206 g/mol. The van der Waals surface area contributed by atoms with Crippen LogP contribution in [0.1, 0.15) is 44.9 Å². The van der Waals surface area contributed by atoms with Crippen LogP contribution >= 0.6 is 0 Å². The van der Waals surface area contributed by atoms with Crippen LogP contribution in [0.5, 0.6) is 0 Å². The first-order chi connectivity index (χ1) is 7.60. The van der Waals surface area contributed by atoms with Gasteiger partial charge in [0.25, 0.3) is 0 Å². The maximum atomic E-state index is 11.5. The zero-order valence-electron chi connectivity index (χ0n) is 9.50. The Morgan fingerprint density at radius 1 is 1.25 bits per heavy atom. The number of carboxylic acid groups (broad SMARTS) is 1. The van der Waals surface area contributed by atoms with Crippen molar-refractivity contribution in [3.8, 4) is 0 Å². The van der Waals surface area contributed by atoms with E-state index in [1.165, 1.54) is 6.08 Å². The Morgan fingerprint density at radius 3 is 2.25 bits per heavy atom. The Kier molecular flexibility index (Phi) is 4.52. The summed E-state index contributed by atoms with van der Waals surface area (Å²) < 4.78 is 0. The third-order valence-electron chi connectivity index (χ3n) is 3.07. The van der Waals surface area contributed by atoms with E-state index in [4.69, 9.17) is 0 Å². The van der Waals surface area contributed by atoms with E-state index in [0.29, 0.717) is 12.8 Å². The molecular formula is C12H19NO3. The average molecular weight is 225 g/mol. The molecule has 4 heteroatoms. The molecule has 0 atom stereocenters. The number of nitrogens with one attached hydrogen (secondary N) is 1. The van der Waals surface area contributed by atoms with E-state index < -0.39 is 11.5 Å². The van der Waals surface area contributed by atoms with Gasteiger partial charge in [0.1, 0.15) is 5.54 Å². The minimum Gasteiger partial charge on any atom is -0.480 e. The molecule has 0 radical (unpaired) electrons. The lowest BCUT2D eigenvalue weighted by Gasteiger charge is -2.29. The van der Waals surface area contributed by atoms with Crippen LogP contribution in [0.25, 0.3) is 0 Å². The number of carboxylic acids is 1. The highest BCUT2D eigenvalue weighted by molar-refractivity contribution is 5.87. The van der Waals surface area contributed by atoms with Gasteiger partial charge in [-0.1, -0.05) is 31.8 Å². The quantitative estimate of drug-likeness (QED) is 0.567. The van der Waals surface area contributed by atoms with Crippen LogP contribution in [0.2, 0.25) is 0 Å². The van der Waals surface area contributed by atoms with Crippen molar-refractivity contribution in [2.45, 2.75) is 50.5 Å². The van der Waals surface area contributed by atoms with Crippen molar-refractivity contribution in [1.82, 2.24) is 5.32 Å². The van der Waals surface area contributed by atoms with Crippen molar-refractivity contribution in [3.63, 3.8) is 0 Å². The molecule has 0 unspecified atom stereocenters. The van der Waals surface area contributed by atoms with Crippen LogP contribution < -0.4 is 5.32 Å². The highest BCUT2D eigenvalue weighted by atomic mass is 16.4. The largest absolute Gasteiger partial charge is 0.480 e. The Hall–Kier alpha value is -1.32. The molecule has 0 aromatic carbocycles. The summed E-state index contributed by atoms with van der Waals surface area (Å²) in [5.74, 6) is -1.16. The molecule has 1 aliphatic rings. The predicted octanol–water partition coefficient (Wildman–Crippen LogP) is 1.86. The summed E-state index contributed by atoms with van der Waals surface area (Å²) in [6.07, 6.45) is 6.55. The van der Waals surface area contributed by atoms with Crippen LogP contribution in [-0.2, 0) is 9.59 Å². The van der Waals surface area contributed by atoms with Gasteiger partial charge in [-0.2, -0.15) is 0 Å². The average Bonchev–Trinajstić information content (AvgIpc) is 2.44. The maximum Gasteiger partial charge on any atom is 0.329 e. The number of hydrogen-bond acceptors (Lipinski definition) is 2. The first kappa shape index (κ1) is 12.7. The zero-order chi connectivity index (χ0) is 12.0. The van der Waals surface area contributed by atoms with Gasteiger partial charge in [0.05, 0.1) is 0 Å². The fourth-order valence-corrected chi connectivity index (χ4v) is 2.17. The SMILES string of the molecule is C=CCC(=O)NC1(C(=O)O)CCCCCC1. The fraction of sp³-hybridized carbons (Fsp3) is 0.667. The van der Waals surface area contributed by atoms with Crippen molar-refractivity contribution in [2.75, 3.05) is 0 Å². The van der Waals surface area contributed by atoms with Crippen LogP contribution in [0.3, 0.4) is 0 Å². The van der Waals surface area contributed by atoms with Gasteiger partial charge in [-0.3, -0.25) is 4.79 Å². The molecule has 1 amide bonds. The van der Waals surface area contributed by atoms with Gasteiger partial charge in [0, 0.05) is 6.42 Å². The maximum absolute atomic E-state index is 11.5. The van der Waals surface area contributed by atoms with Crippen molar-refractivity contribution in [3.05, 3.63) is 12.7 Å². The van der Waals surface area contributed by atoms with E-state index in [0.717, 1.165) is 25.7 Å². The lowest BCUT2D eigenvalue weighted by atomic mass is 9.90. The topological polar surface area (TPSA) is 66.4 Å². The van der Waals surface area contributed by atoms with E-state index in [1.54, 1.807) is 0 Å². The number of carbonyl (C=O) groups excluding carboxylic acids is 1. The molecule has 1 saturated carbocycles. The van der Waals surface area contributed by atoms with Gasteiger partial charge in [-0.15, -0.1) is 6.58 Å². The van der Waals surface area contributed by atoms with Gasteiger partial charge in [-0.25, -0.2) is 4.79 Å². The second-order valence-corrected chi connectivity index (χ2v) is 4.34. The molecule has 16 heavy (non-hydrogen) atoms. The number of rotatable bonds is 4. The summed E-state index contributed by atoms with van der Waals surface area (Å²) in [5, 5.41) is 12.0. The summed E-state index contributed by atoms with van der Waals surface area (Å²) in [7, 11) is 0. The van der Waals surface area contributed by atoms with E-state index in [9.17, 15) is 14.7 Å². The van der Waals surface area contributed by atoms with Crippen LogP contribution in [0.4, 0.5) is 0 Å². The van der Waals surface area contributed by atoms with Gasteiger partial charge in [0.15, 0.2) is 0 Å². The summed E-state index contributed by atoms with van der Waals surface area (Å²) in [6.45, 7) is 3.47. The second-order valence-electron chi connectivity index (χ2n) is 4.34. The molecule has 1 rings (SSSR count). The van der Waals surface area contributed by atoms with Crippen molar-refractivity contribution < 1.29 is 14.7 Å². The van der Waals surface area contributed by atoms with Crippen molar-refractivity contribution >= 4 is 11.9 Å². The van der Waals surface area contributed by atoms with E-state index in [2.05, 4.69) is 11.9 Å². The first-order valence-corrected chi connectivity index (χ1v) is 5.76. The fourth-order valence-electron chi connectivity index (χ4n) is 2.17. The molecule has 0 spiro atoms. The third kappa shape index (κ3) is 3.08. The molecule has 0 aromatic rings. The monoisotopic (exact) mass is 225 g/mol. The summed E-state index contributed by atoms with van der Waals surface area (Å²) in [4.78, 5) is 22.8. The molecule has 2 N–H and O–H groups in total. The third-order valence-corrected chi connectivity index (χ3v) is 3.07. The predicted molar refractivity (Wildman–Crippen MR) is 61.0 cm³/mol. The Morgan fingerprint density at radius 2 is 1.81 bits per heavy atom. The number of carbonyl (C=O) groups is 2. The molecule has 0 bridgehead atoms. The molecule has 4 nitrogen and oxygen atoms in total. The normalized spacial score (nSPS) is 19.5. The summed E-state index contributed by atoms with van der Waals surface area (Å²) in [6, 6.07) is 0. The lowest BCUT2D eigenvalue weighted by Crippen LogP contribution is -2.54. The van der Waals surface area contributed by atoms with Gasteiger partial charge in [-0.05, 0) is 12.8 Å². The Balaban J connectivity index is 2.74. The molecule has 1 aliphatic carbocycles. The molecule has 0 aliphatic heterocycles. The number of amides is 1. The van der Waals surface area contributed by atoms with E-state index in [1.807, 2.05) is 0 Å². The highest BCUT2D eigenvalue weighted by Gasteiger charge is 2.39. The Bertz CT molecular complexity index is 278. The number of hydrogen-bond donors (Lipinski definition) is 2. The molecule has 0 heterocycles. The molecule has 90 valence electrons. The first-order valence-electron chi connectivity index (χ1n) is 5.76. The Labute approximate surface area is 95.7 Å². The van der Waals surface area contributed by atoms with E-state index in [-0.39, 0.29) is 12.3 Å². The molecule has 0 saturated heterocycles. The highest BCUT2D eigenvalue weighted by Crippen LogP contribution is 2.27. The van der Waals surface area contributed by atoms with Gasteiger partial charge < -0.3 is 10.4 Å². The standard InChI is InChI=1S/C12H19NO3/c1-2-7-10(14)13-12(11(15)16)8-5-3-4-6-9-12/h2H,1,3-9H2,(H,13,14)(H,15,16). The summed E-state index contributed by atoms with van der Waals surface area (Å²) in [5.41, 5.74) is -1.05. The van der Waals surface area contributed by atoms with Crippen LogP contribution in [0, 0.1) is 0 Å². The van der Waals surface area contributed by atoms with Gasteiger partial charge >= 0.3 is 5.97 Å². The number of aliphatic carboxylic acids is 1. The van der Waals surface area contributed by atoms with Crippen molar-refractivity contribution in [1.29, 1.82) is 0 Å². The van der Waals surface area contributed by atoms with Crippen LogP contribution in [0.15, 0.2) is 12.7 Å². The minimum absolute atomic E-state index is 0.176.